The molecule has 3 N–H and O–H groups in total. The minimum atomic E-state index is -0.791. The maximum atomic E-state index is 11.6. The largest absolute Gasteiger partial charge is 0.349 e. The molecule has 92 valence electrons. The molecule has 1 fully saturated rings. The Hall–Kier alpha value is -2.58. The number of aliphatic imine (C=N–C) groups is 2. The number of hydrogen-bond acceptors (Lipinski definition) is 5. The van der Waals surface area contributed by atoms with Gasteiger partial charge in [0.1, 0.15) is 11.7 Å². The fourth-order valence-electron chi connectivity index (χ4n) is 2.08. The molecular formula is C9H7N5O4. The maximum Gasteiger partial charge on any atom is 0.349 e. The first kappa shape index (κ1) is 10.6. The van der Waals surface area contributed by atoms with Crippen molar-refractivity contribution in [2.24, 2.45) is 21.8 Å². The van der Waals surface area contributed by atoms with Crippen LogP contribution in [0, 0.1) is 11.8 Å². The SMILES string of the molecule is O=C1N=C2N=C3NC(=O)NC(=O)C3CC2C(=O)N1. The van der Waals surface area contributed by atoms with Crippen LogP contribution in [0.25, 0.3) is 0 Å². The van der Waals surface area contributed by atoms with Gasteiger partial charge in [0, 0.05) is 0 Å². The zero-order chi connectivity index (χ0) is 12.9. The number of fused-ring (bicyclic) bond motifs is 2. The van der Waals surface area contributed by atoms with Crippen molar-refractivity contribution in [1.29, 1.82) is 0 Å². The summed E-state index contributed by atoms with van der Waals surface area (Å²) in [5, 5.41) is 6.50. The highest BCUT2D eigenvalue weighted by molar-refractivity contribution is 6.25. The number of nitrogens with one attached hydrogen (secondary N) is 3. The second-order valence-electron chi connectivity index (χ2n) is 4.05. The standard InChI is InChI=1S/C9H7N5O4/c15-6-2-1-3-5(12-9(18)14-7(3)16)10-4(2)11-8(17)13-6/h2-3H,1H2,(H3,10,11,12,13,14,15,16,17,18). The molecule has 0 spiro atoms. The predicted molar refractivity (Wildman–Crippen MR) is 56.7 cm³/mol. The molecule has 2 unspecified atom stereocenters. The first-order valence-electron chi connectivity index (χ1n) is 5.18. The Morgan fingerprint density at radius 1 is 0.889 bits per heavy atom. The Balaban J connectivity index is 2.03. The van der Waals surface area contributed by atoms with Crippen molar-refractivity contribution in [3.05, 3.63) is 0 Å². The Labute approximate surface area is 99.7 Å². The minimum Gasteiger partial charge on any atom is -0.295 e. The molecular weight excluding hydrogens is 242 g/mol. The first-order chi connectivity index (χ1) is 8.54. The van der Waals surface area contributed by atoms with E-state index >= 15 is 0 Å². The number of hydrogen-bond donors (Lipinski definition) is 3. The molecule has 3 rings (SSSR count). The quantitative estimate of drug-likeness (QED) is 0.482. The molecule has 1 saturated heterocycles. The van der Waals surface area contributed by atoms with Crippen molar-refractivity contribution < 1.29 is 19.2 Å². The molecule has 6 amide bonds. The number of amides is 6. The van der Waals surface area contributed by atoms with Gasteiger partial charge >= 0.3 is 12.1 Å². The molecule has 0 aromatic rings. The average molecular weight is 249 g/mol. The van der Waals surface area contributed by atoms with Gasteiger partial charge in [0.15, 0.2) is 0 Å². The molecule has 0 radical (unpaired) electrons. The van der Waals surface area contributed by atoms with E-state index in [0.717, 1.165) is 0 Å². The summed E-state index contributed by atoms with van der Waals surface area (Å²) in [7, 11) is 0. The second-order valence-corrected chi connectivity index (χ2v) is 4.05. The van der Waals surface area contributed by atoms with Gasteiger partial charge < -0.3 is 0 Å². The number of amidine groups is 2. The van der Waals surface area contributed by atoms with Crippen LogP contribution in [0.1, 0.15) is 6.42 Å². The lowest BCUT2D eigenvalue weighted by Gasteiger charge is -2.32. The van der Waals surface area contributed by atoms with E-state index in [4.69, 9.17) is 0 Å². The molecule has 0 aromatic heterocycles. The third-order valence-electron chi connectivity index (χ3n) is 2.91. The van der Waals surface area contributed by atoms with Gasteiger partial charge in [-0.15, -0.1) is 0 Å². The predicted octanol–water partition coefficient (Wildman–Crippen LogP) is -1.49. The van der Waals surface area contributed by atoms with Gasteiger partial charge in [0.2, 0.25) is 11.8 Å². The number of urea groups is 2. The van der Waals surface area contributed by atoms with Crippen LogP contribution in [0.15, 0.2) is 9.98 Å². The van der Waals surface area contributed by atoms with Gasteiger partial charge in [0.25, 0.3) is 0 Å². The Morgan fingerprint density at radius 2 is 1.61 bits per heavy atom. The van der Waals surface area contributed by atoms with Crippen LogP contribution in [0.5, 0.6) is 0 Å². The molecule has 18 heavy (non-hydrogen) atoms. The lowest BCUT2D eigenvalue weighted by molar-refractivity contribution is -0.124. The van der Waals surface area contributed by atoms with E-state index in [0.29, 0.717) is 0 Å². The molecule has 9 nitrogen and oxygen atoms in total. The number of nitrogens with zero attached hydrogens (tertiary/aromatic N) is 2. The fraction of sp³-hybridized carbons (Fsp3) is 0.333. The van der Waals surface area contributed by atoms with E-state index in [2.05, 4.69) is 20.6 Å². The maximum absolute atomic E-state index is 11.6. The highest BCUT2D eigenvalue weighted by Gasteiger charge is 2.43. The summed E-state index contributed by atoms with van der Waals surface area (Å²) in [4.78, 5) is 52.8. The third-order valence-corrected chi connectivity index (χ3v) is 2.91. The van der Waals surface area contributed by atoms with Crippen molar-refractivity contribution in [1.82, 2.24) is 16.0 Å². The van der Waals surface area contributed by atoms with E-state index in [-0.39, 0.29) is 18.1 Å². The molecule has 9 heteroatoms. The van der Waals surface area contributed by atoms with E-state index in [9.17, 15) is 19.2 Å². The summed E-state index contributed by atoms with van der Waals surface area (Å²) in [5.74, 6) is -2.33. The summed E-state index contributed by atoms with van der Waals surface area (Å²) >= 11 is 0. The topological polar surface area (TPSA) is 129 Å². The third kappa shape index (κ3) is 1.48. The van der Waals surface area contributed by atoms with Crippen molar-refractivity contribution >= 4 is 35.5 Å². The zero-order valence-corrected chi connectivity index (χ0v) is 8.89. The smallest absolute Gasteiger partial charge is 0.295 e. The van der Waals surface area contributed by atoms with Crippen LogP contribution in [0.2, 0.25) is 0 Å². The molecule has 0 aliphatic carbocycles. The van der Waals surface area contributed by atoms with E-state index in [1.165, 1.54) is 0 Å². The summed E-state index contributed by atoms with van der Waals surface area (Å²) < 4.78 is 0. The van der Waals surface area contributed by atoms with E-state index in [1.807, 2.05) is 5.32 Å². The molecule has 2 atom stereocenters. The van der Waals surface area contributed by atoms with Gasteiger partial charge in [-0.3, -0.25) is 25.5 Å². The summed E-state index contributed by atoms with van der Waals surface area (Å²) in [6, 6.07) is -1.47. The van der Waals surface area contributed by atoms with Crippen molar-refractivity contribution in [3.63, 3.8) is 0 Å². The Kier molecular flexibility index (Phi) is 2.03. The van der Waals surface area contributed by atoms with Crippen LogP contribution >= 0.6 is 0 Å². The molecule has 0 bridgehead atoms. The molecule has 3 aliphatic rings. The van der Waals surface area contributed by atoms with Crippen LogP contribution in [0.3, 0.4) is 0 Å². The molecule has 0 saturated carbocycles. The molecule has 3 aliphatic heterocycles. The van der Waals surface area contributed by atoms with Gasteiger partial charge in [0.05, 0.1) is 11.8 Å². The van der Waals surface area contributed by atoms with E-state index < -0.39 is 35.7 Å². The normalized spacial score (nSPS) is 30.2. The van der Waals surface area contributed by atoms with E-state index in [1.54, 1.807) is 0 Å². The molecule has 0 aromatic carbocycles. The van der Waals surface area contributed by atoms with Gasteiger partial charge in [-0.1, -0.05) is 0 Å². The zero-order valence-electron chi connectivity index (χ0n) is 8.89. The van der Waals surface area contributed by atoms with Crippen molar-refractivity contribution in [3.8, 4) is 0 Å². The fourth-order valence-corrected chi connectivity index (χ4v) is 2.08. The van der Waals surface area contributed by atoms with Crippen molar-refractivity contribution in [2.45, 2.75) is 6.42 Å². The van der Waals surface area contributed by atoms with Gasteiger partial charge in [-0.05, 0) is 6.42 Å². The number of carbonyl (C=O) groups excluding carboxylic acids is 4. The first-order valence-corrected chi connectivity index (χ1v) is 5.18. The average Bonchev–Trinajstić information content (AvgIpc) is 2.26. The number of carbonyl (C=O) groups is 4. The summed E-state index contributed by atoms with van der Waals surface area (Å²) in [5.41, 5.74) is 0. The number of imide groups is 2. The lowest BCUT2D eigenvalue weighted by atomic mass is 9.87. The lowest BCUT2D eigenvalue weighted by Crippen LogP contribution is -2.59. The summed E-state index contributed by atoms with van der Waals surface area (Å²) in [6.45, 7) is 0. The summed E-state index contributed by atoms with van der Waals surface area (Å²) in [6.07, 6.45) is 0.128. The van der Waals surface area contributed by atoms with Crippen LogP contribution < -0.4 is 16.0 Å². The highest BCUT2D eigenvalue weighted by Crippen LogP contribution is 2.25. The van der Waals surface area contributed by atoms with Crippen LogP contribution in [-0.4, -0.2) is 35.5 Å². The Bertz CT molecular complexity index is 563. The molecule has 3 heterocycles. The van der Waals surface area contributed by atoms with Crippen molar-refractivity contribution in [2.75, 3.05) is 0 Å². The van der Waals surface area contributed by atoms with Gasteiger partial charge in [-0.25, -0.2) is 14.6 Å². The van der Waals surface area contributed by atoms with Crippen LogP contribution in [-0.2, 0) is 9.59 Å². The highest BCUT2D eigenvalue weighted by atomic mass is 16.2. The van der Waals surface area contributed by atoms with Gasteiger partial charge in [-0.2, -0.15) is 4.99 Å². The monoisotopic (exact) mass is 249 g/mol. The Morgan fingerprint density at radius 3 is 2.39 bits per heavy atom. The van der Waals surface area contributed by atoms with Crippen LogP contribution in [0.4, 0.5) is 9.59 Å². The minimum absolute atomic E-state index is 0.0324. The number of rotatable bonds is 0. The second kappa shape index (κ2) is 3.45.